The van der Waals surface area contributed by atoms with Crippen LogP contribution in [-0.2, 0) is 12.0 Å². The number of carboxylic acid groups (broad SMARTS) is 1. The minimum atomic E-state index is -0.979. The Bertz CT molecular complexity index is 2620. The Kier molecular flexibility index (Phi) is 9.38. The van der Waals surface area contributed by atoms with Crippen LogP contribution in [0.15, 0.2) is 139 Å². The van der Waals surface area contributed by atoms with E-state index >= 15 is 0 Å². The molecule has 56 heavy (non-hydrogen) atoms. The van der Waals surface area contributed by atoms with Crippen LogP contribution >= 0.6 is 0 Å². The number of rotatable bonds is 9. The number of carbonyl (C=O) groups excluding carboxylic acids is 1. The van der Waals surface area contributed by atoms with Gasteiger partial charge >= 0.3 is 5.97 Å². The van der Waals surface area contributed by atoms with Gasteiger partial charge in [0.25, 0.3) is 0 Å². The molecule has 0 unspecified atom stereocenters. The van der Waals surface area contributed by atoms with Crippen LogP contribution in [0.25, 0.3) is 44.3 Å². The number of hydrogen-bond donors (Lipinski definition) is 1. The van der Waals surface area contributed by atoms with Crippen LogP contribution in [0, 0.1) is 5.41 Å². The molecule has 0 amide bonds. The van der Waals surface area contributed by atoms with Crippen LogP contribution in [0.1, 0.15) is 83.5 Å². The molecule has 0 radical (unpaired) electrons. The second-order valence-electron chi connectivity index (χ2n) is 16.9. The van der Waals surface area contributed by atoms with Gasteiger partial charge in [0.15, 0.2) is 5.78 Å². The van der Waals surface area contributed by atoms with Crippen LogP contribution in [0.5, 0.6) is 0 Å². The summed E-state index contributed by atoms with van der Waals surface area (Å²) in [4.78, 5) is 25.3. The van der Waals surface area contributed by atoms with Crippen molar-refractivity contribution in [1.29, 1.82) is 0 Å². The number of fused-ring (bicyclic) bond motifs is 5. The number of benzene rings is 6. The van der Waals surface area contributed by atoms with E-state index in [4.69, 9.17) is 0 Å². The Morgan fingerprint density at radius 2 is 1.45 bits per heavy atom. The van der Waals surface area contributed by atoms with Gasteiger partial charge in [0.05, 0.1) is 17.8 Å². The molecule has 0 heterocycles. The molecule has 0 spiro atoms. The average Bonchev–Trinajstić information content (AvgIpc) is 3.17. The fraction of sp³-hybridized carbons (Fsp3) is 0.216. The first-order chi connectivity index (χ1) is 26.8. The average molecular weight is 737 g/mol. The maximum Gasteiger partial charge on any atom is 0.335 e. The van der Waals surface area contributed by atoms with E-state index in [2.05, 4.69) is 137 Å². The predicted molar refractivity (Wildman–Crippen MR) is 232 cm³/mol. The summed E-state index contributed by atoms with van der Waals surface area (Å²) in [7, 11) is 4.23. The largest absolute Gasteiger partial charge is 0.478 e. The Morgan fingerprint density at radius 3 is 2.18 bits per heavy atom. The highest BCUT2D eigenvalue weighted by molar-refractivity contribution is 6.15. The summed E-state index contributed by atoms with van der Waals surface area (Å²) in [5, 5.41) is 18.4. The SMILES string of the molecule is CN(C)N(Cc1ccccc1)c1ccc(-c2cc(C(=O)C=Cc3ccc(C(=O)O)cc3)cc3ccccc23)c2ccc3c(c12)C(C)(C)CC1=C3C=CC(C)(C)C1. The second kappa shape index (κ2) is 14.2. The number of anilines is 1. The highest BCUT2D eigenvalue weighted by Gasteiger charge is 2.38. The third-order valence-corrected chi connectivity index (χ3v) is 11.5. The van der Waals surface area contributed by atoms with E-state index in [9.17, 15) is 14.7 Å². The molecule has 2 aliphatic rings. The highest BCUT2D eigenvalue weighted by atomic mass is 16.4. The third kappa shape index (κ3) is 6.88. The van der Waals surface area contributed by atoms with Gasteiger partial charge in [-0.05, 0) is 115 Å². The summed E-state index contributed by atoms with van der Waals surface area (Å²) in [5.41, 5.74) is 11.6. The predicted octanol–water partition coefficient (Wildman–Crippen LogP) is 12.2. The van der Waals surface area contributed by atoms with Gasteiger partial charge in [-0.1, -0.05) is 136 Å². The first-order valence-electron chi connectivity index (χ1n) is 19.4. The lowest BCUT2D eigenvalue weighted by molar-refractivity contribution is 0.0696. The van der Waals surface area contributed by atoms with E-state index in [0.29, 0.717) is 12.1 Å². The molecule has 5 heteroatoms. The first kappa shape index (κ1) is 36.9. The molecule has 0 aromatic heterocycles. The van der Waals surface area contributed by atoms with Crippen LogP contribution < -0.4 is 5.01 Å². The molecule has 6 aromatic rings. The van der Waals surface area contributed by atoms with Gasteiger partial charge in [0.1, 0.15) is 0 Å². The molecular weight excluding hydrogens is 689 g/mol. The third-order valence-electron chi connectivity index (χ3n) is 11.5. The van der Waals surface area contributed by atoms with E-state index in [0.717, 1.165) is 51.4 Å². The van der Waals surface area contributed by atoms with Crippen molar-refractivity contribution in [3.05, 3.63) is 172 Å². The zero-order valence-corrected chi connectivity index (χ0v) is 33.1. The number of carboxylic acids is 1. The number of nitrogens with zero attached hydrogens (tertiary/aromatic N) is 2. The summed E-state index contributed by atoms with van der Waals surface area (Å²) in [6.07, 6.45) is 10.1. The van der Waals surface area contributed by atoms with Gasteiger partial charge in [-0.3, -0.25) is 4.79 Å². The Labute approximate surface area is 329 Å². The molecule has 280 valence electrons. The van der Waals surface area contributed by atoms with Crippen molar-refractivity contribution in [2.45, 2.75) is 52.5 Å². The van der Waals surface area contributed by atoms with Crippen molar-refractivity contribution in [2.75, 3.05) is 19.1 Å². The normalized spacial score (nSPS) is 15.7. The van der Waals surface area contributed by atoms with E-state index < -0.39 is 5.97 Å². The fourth-order valence-corrected chi connectivity index (χ4v) is 8.88. The maximum absolute atomic E-state index is 13.9. The Balaban J connectivity index is 1.35. The molecule has 0 bridgehead atoms. The maximum atomic E-state index is 13.9. The summed E-state index contributed by atoms with van der Waals surface area (Å²) < 4.78 is 0. The molecule has 0 fully saturated rings. The monoisotopic (exact) mass is 736 g/mol. The number of ketones is 1. The molecule has 1 N–H and O–H groups in total. The van der Waals surface area contributed by atoms with Gasteiger partial charge in [0.2, 0.25) is 0 Å². The number of hydrogen-bond acceptors (Lipinski definition) is 4. The number of hydrazine groups is 1. The second-order valence-corrected chi connectivity index (χ2v) is 16.9. The summed E-state index contributed by atoms with van der Waals surface area (Å²) >= 11 is 0. The quantitative estimate of drug-likeness (QED) is 0.0910. The standard InChI is InChI=1S/C51H48N2O3/c1-50(2)27-26-40-38(30-50)31-51(3,4)48-43(40)22-21-42-41(23-24-45(47(42)48)53(52(5)6)32-34-12-8-7-9-13-34)44-29-37(28-36-14-10-11-15-39(36)44)46(54)25-18-33-16-19-35(20-17-33)49(55)56/h7-29H,30-32H2,1-6H3,(H,55,56). The zero-order valence-electron chi connectivity index (χ0n) is 33.1. The minimum Gasteiger partial charge on any atom is -0.478 e. The molecular formula is C51H48N2O3. The van der Waals surface area contributed by atoms with Gasteiger partial charge in [-0.2, -0.15) is 0 Å². The molecule has 8 rings (SSSR count). The van der Waals surface area contributed by atoms with Crippen LogP contribution in [0.2, 0.25) is 0 Å². The lowest BCUT2D eigenvalue weighted by atomic mass is 9.64. The molecule has 2 aliphatic carbocycles. The fourth-order valence-electron chi connectivity index (χ4n) is 8.88. The number of aromatic carboxylic acids is 1. The molecule has 0 aliphatic heterocycles. The van der Waals surface area contributed by atoms with Crippen molar-refractivity contribution < 1.29 is 14.7 Å². The Morgan fingerprint density at radius 1 is 0.732 bits per heavy atom. The van der Waals surface area contributed by atoms with Crippen molar-refractivity contribution in [2.24, 2.45) is 5.41 Å². The van der Waals surface area contributed by atoms with Crippen molar-refractivity contribution in [1.82, 2.24) is 5.01 Å². The van der Waals surface area contributed by atoms with Crippen LogP contribution in [-0.4, -0.2) is 36.0 Å². The van der Waals surface area contributed by atoms with E-state index in [1.165, 1.54) is 33.2 Å². The van der Waals surface area contributed by atoms with Crippen LogP contribution in [0.3, 0.4) is 0 Å². The van der Waals surface area contributed by atoms with E-state index in [1.54, 1.807) is 36.4 Å². The van der Waals surface area contributed by atoms with Crippen molar-refractivity contribution in [3.63, 3.8) is 0 Å². The van der Waals surface area contributed by atoms with Gasteiger partial charge in [-0.15, -0.1) is 0 Å². The van der Waals surface area contributed by atoms with Gasteiger partial charge < -0.3 is 10.1 Å². The van der Waals surface area contributed by atoms with Crippen molar-refractivity contribution >= 4 is 50.6 Å². The Hall–Kier alpha value is -6.04. The lowest BCUT2D eigenvalue weighted by Crippen LogP contribution is -2.37. The molecule has 5 nitrogen and oxygen atoms in total. The zero-order chi connectivity index (χ0) is 39.4. The summed E-state index contributed by atoms with van der Waals surface area (Å²) in [6.45, 7) is 10.2. The minimum absolute atomic E-state index is 0.119. The van der Waals surface area contributed by atoms with Gasteiger partial charge in [0, 0.05) is 25.0 Å². The van der Waals surface area contributed by atoms with Crippen LogP contribution in [0.4, 0.5) is 5.69 Å². The lowest BCUT2D eigenvalue weighted by Gasteiger charge is -2.42. The molecule has 0 atom stereocenters. The van der Waals surface area contributed by atoms with E-state index in [-0.39, 0.29) is 22.2 Å². The number of allylic oxidation sites excluding steroid dienone is 5. The van der Waals surface area contributed by atoms with Crippen molar-refractivity contribution in [3.8, 4) is 11.1 Å². The van der Waals surface area contributed by atoms with Gasteiger partial charge in [-0.25, -0.2) is 9.80 Å². The van der Waals surface area contributed by atoms with E-state index in [1.807, 2.05) is 18.2 Å². The molecule has 0 saturated carbocycles. The summed E-state index contributed by atoms with van der Waals surface area (Å²) in [6, 6.07) is 38.7. The first-order valence-corrected chi connectivity index (χ1v) is 19.4. The number of carbonyl (C=O) groups is 2. The summed E-state index contributed by atoms with van der Waals surface area (Å²) in [5.74, 6) is -1.10. The molecule has 0 saturated heterocycles. The smallest absolute Gasteiger partial charge is 0.335 e. The topological polar surface area (TPSA) is 60.9 Å². The molecule has 6 aromatic carbocycles. The highest BCUT2D eigenvalue weighted by Crippen LogP contribution is 2.53.